The fourth-order valence-corrected chi connectivity index (χ4v) is 6.48. The van der Waals surface area contributed by atoms with Crippen LogP contribution in [0, 0.1) is 23.2 Å². The summed E-state index contributed by atoms with van der Waals surface area (Å²) in [7, 11) is 0. The molecular formula is C22H27N3O4. The molecule has 4 bridgehead atoms. The molecule has 5 aliphatic rings. The topological polar surface area (TPSA) is 96.5 Å². The highest BCUT2D eigenvalue weighted by Crippen LogP contribution is 2.61. The second kappa shape index (κ2) is 7.04. The summed E-state index contributed by atoms with van der Waals surface area (Å²) < 4.78 is 5.63. The van der Waals surface area contributed by atoms with E-state index in [4.69, 9.17) is 4.74 Å². The Labute approximate surface area is 169 Å². The molecule has 1 heterocycles. The molecule has 1 aliphatic heterocycles. The quantitative estimate of drug-likeness (QED) is 0.680. The number of ether oxygens (including phenoxy) is 1. The predicted octanol–water partition coefficient (Wildman–Crippen LogP) is 2.53. The van der Waals surface area contributed by atoms with Crippen LogP contribution in [0.2, 0.25) is 0 Å². The molecule has 154 valence electrons. The average molecular weight is 397 g/mol. The van der Waals surface area contributed by atoms with Crippen molar-refractivity contribution in [2.24, 2.45) is 23.2 Å². The highest BCUT2D eigenvalue weighted by molar-refractivity contribution is 6.00. The van der Waals surface area contributed by atoms with Crippen molar-refractivity contribution in [3.05, 3.63) is 24.3 Å². The highest BCUT2D eigenvalue weighted by atomic mass is 16.5. The standard InChI is InChI=1S/C22H27N3O4/c26-19(8-18-21(28)23-16-3-1-2-4-17(16)29-18)24-25-20(27)12-22-9-13-5-14(10-22)7-15(6-13)11-22/h1-4,13-15,18H,5-12H2,(H,23,28)(H,24,26)(H,25,27)/t13?,14?,15?,18-,22?/m1/s1. The second-order valence-corrected chi connectivity index (χ2v) is 9.49. The number of hydrogen-bond acceptors (Lipinski definition) is 4. The Morgan fingerprint density at radius 1 is 1.00 bits per heavy atom. The number of carbonyl (C=O) groups excluding carboxylic acids is 3. The number of para-hydroxylation sites is 2. The summed E-state index contributed by atoms with van der Waals surface area (Å²) in [5, 5.41) is 2.73. The molecule has 7 heteroatoms. The zero-order valence-corrected chi connectivity index (χ0v) is 16.4. The van der Waals surface area contributed by atoms with Crippen LogP contribution in [-0.2, 0) is 14.4 Å². The first kappa shape index (κ1) is 18.5. The van der Waals surface area contributed by atoms with Gasteiger partial charge >= 0.3 is 0 Å². The zero-order chi connectivity index (χ0) is 20.0. The Balaban J connectivity index is 1.12. The van der Waals surface area contributed by atoms with E-state index in [1.165, 1.54) is 19.3 Å². The van der Waals surface area contributed by atoms with Crippen molar-refractivity contribution in [2.75, 3.05) is 5.32 Å². The van der Waals surface area contributed by atoms with Gasteiger partial charge in [0.15, 0.2) is 6.10 Å². The SMILES string of the molecule is O=C(C[C@H]1Oc2ccccc2NC1=O)NNC(=O)CC12CC3CC(CC(C3)C1)C2. The van der Waals surface area contributed by atoms with Gasteiger partial charge in [-0.05, 0) is 73.8 Å². The summed E-state index contributed by atoms with van der Waals surface area (Å²) in [6.45, 7) is 0. The molecule has 0 radical (unpaired) electrons. The number of nitrogens with one attached hydrogen (secondary N) is 3. The van der Waals surface area contributed by atoms with Crippen molar-refractivity contribution < 1.29 is 19.1 Å². The Morgan fingerprint density at radius 2 is 1.62 bits per heavy atom. The van der Waals surface area contributed by atoms with Crippen LogP contribution in [-0.4, -0.2) is 23.8 Å². The van der Waals surface area contributed by atoms with Crippen molar-refractivity contribution in [1.82, 2.24) is 10.9 Å². The van der Waals surface area contributed by atoms with E-state index in [9.17, 15) is 14.4 Å². The number of fused-ring (bicyclic) bond motifs is 1. The summed E-state index contributed by atoms with van der Waals surface area (Å²) in [5.74, 6) is 1.95. The monoisotopic (exact) mass is 397 g/mol. The molecule has 0 saturated heterocycles. The first-order valence-corrected chi connectivity index (χ1v) is 10.6. The molecule has 0 aromatic heterocycles. The molecule has 3 N–H and O–H groups in total. The summed E-state index contributed by atoms with van der Waals surface area (Å²) >= 11 is 0. The van der Waals surface area contributed by atoms with Crippen LogP contribution in [0.4, 0.5) is 5.69 Å². The molecular weight excluding hydrogens is 370 g/mol. The molecule has 4 fully saturated rings. The van der Waals surface area contributed by atoms with Crippen LogP contribution >= 0.6 is 0 Å². The van der Waals surface area contributed by atoms with Gasteiger partial charge in [0.1, 0.15) is 5.75 Å². The molecule has 4 aliphatic carbocycles. The van der Waals surface area contributed by atoms with Gasteiger partial charge < -0.3 is 10.1 Å². The van der Waals surface area contributed by atoms with Crippen molar-refractivity contribution in [3.63, 3.8) is 0 Å². The minimum absolute atomic E-state index is 0.125. The van der Waals surface area contributed by atoms with E-state index in [0.717, 1.165) is 37.0 Å². The van der Waals surface area contributed by atoms with Crippen molar-refractivity contribution in [2.45, 2.75) is 57.5 Å². The molecule has 1 aromatic carbocycles. The van der Waals surface area contributed by atoms with Crippen LogP contribution in [0.1, 0.15) is 51.4 Å². The maximum Gasteiger partial charge on any atom is 0.266 e. The van der Waals surface area contributed by atoms with Crippen LogP contribution in [0.5, 0.6) is 5.75 Å². The van der Waals surface area contributed by atoms with Crippen LogP contribution in [0.25, 0.3) is 0 Å². The largest absolute Gasteiger partial charge is 0.478 e. The molecule has 0 unspecified atom stereocenters. The van der Waals surface area contributed by atoms with Crippen LogP contribution in [0.3, 0.4) is 0 Å². The molecule has 29 heavy (non-hydrogen) atoms. The van der Waals surface area contributed by atoms with Gasteiger partial charge in [0.25, 0.3) is 5.91 Å². The van der Waals surface area contributed by atoms with Gasteiger partial charge in [0.2, 0.25) is 11.8 Å². The van der Waals surface area contributed by atoms with Gasteiger partial charge in [-0.1, -0.05) is 12.1 Å². The fourth-order valence-electron chi connectivity index (χ4n) is 6.48. The molecule has 6 rings (SSSR count). The van der Waals surface area contributed by atoms with E-state index in [2.05, 4.69) is 16.2 Å². The van der Waals surface area contributed by atoms with E-state index in [1.807, 2.05) is 0 Å². The second-order valence-electron chi connectivity index (χ2n) is 9.49. The van der Waals surface area contributed by atoms with Crippen LogP contribution in [0.15, 0.2) is 24.3 Å². The van der Waals surface area contributed by atoms with Gasteiger partial charge in [0.05, 0.1) is 12.1 Å². The third-order valence-electron chi connectivity index (χ3n) is 7.12. The number of hydrazine groups is 1. The molecule has 1 atom stereocenters. The van der Waals surface area contributed by atoms with E-state index in [1.54, 1.807) is 24.3 Å². The zero-order valence-electron chi connectivity index (χ0n) is 16.4. The summed E-state index contributed by atoms with van der Waals surface area (Å²) in [5.41, 5.74) is 5.73. The molecule has 1 aromatic rings. The van der Waals surface area contributed by atoms with E-state index < -0.39 is 12.0 Å². The molecule has 4 saturated carbocycles. The lowest BCUT2D eigenvalue weighted by Gasteiger charge is -2.56. The number of rotatable bonds is 4. The summed E-state index contributed by atoms with van der Waals surface area (Å²) in [6, 6.07) is 7.09. The minimum Gasteiger partial charge on any atom is -0.478 e. The summed E-state index contributed by atoms with van der Waals surface area (Å²) in [4.78, 5) is 36.9. The minimum atomic E-state index is -0.912. The lowest BCUT2D eigenvalue weighted by Crippen LogP contribution is -2.50. The number of carbonyl (C=O) groups is 3. The number of amides is 3. The Morgan fingerprint density at radius 3 is 2.31 bits per heavy atom. The van der Waals surface area contributed by atoms with Crippen molar-refractivity contribution in [3.8, 4) is 5.75 Å². The van der Waals surface area contributed by atoms with Crippen LogP contribution < -0.4 is 20.9 Å². The van der Waals surface area contributed by atoms with Gasteiger partial charge in [-0.25, -0.2) is 0 Å². The van der Waals surface area contributed by atoms with Crippen molar-refractivity contribution >= 4 is 23.4 Å². The first-order valence-electron chi connectivity index (χ1n) is 10.6. The third kappa shape index (κ3) is 3.70. The molecule has 3 amide bonds. The van der Waals surface area contributed by atoms with E-state index in [0.29, 0.717) is 17.9 Å². The number of benzene rings is 1. The average Bonchev–Trinajstić information content (AvgIpc) is 2.65. The van der Waals surface area contributed by atoms with E-state index >= 15 is 0 Å². The molecule has 7 nitrogen and oxygen atoms in total. The Kier molecular flexibility index (Phi) is 4.48. The van der Waals surface area contributed by atoms with Gasteiger partial charge in [0, 0.05) is 6.42 Å². The highest BCUT2D eigenvalue weighted by Gasteiger charge is 2.51. The number of anilines is 1. The predicted molar refractivity (Wildman–Crippen MR) is 106 cm³/mol. The maximum atomic E-state index is 12.5. The Hall–Kier alpha value is -2.57. The van der Waals surface area contributed by atoms with Gasteiger partial charge in [-0.15, -0.1) is 0 Å². The van der Waals surface area contributed by atoms with Crippen molar-refractivity contribution in [1.29, 1.82) is 0 Å². The lowest BCUT2D eigenvalue weighted by molar-refractivity contribution is -0.135. The first-order chi connectivity index (χ1) is 14.0. The van der Waals surface area contributed by atoms with Gasteiger partial charge in [-0.3, -0.25) is 25.2 Å². The normalized spacial score (nSPS) is 34.0. The molecule has 0 spiro atoms. The van der Waals surface area contributed by atoms with Gasteiger partial charge in [-0.2, -0.15) is 0 Å². The third-order valence-corrected chi connectivity index (χ3v) is 7.12. The fraction of sp³-hybridized carbons (Fsp3) is 0.591. The maximum absolute atomic E-state index is 12.5. The lowest BCUT2D eigenvalue weighted by atomic mass is 9.49. The Bertz CT molecular complexity index is 817. The number of hydrogen-bond donors (Lipinski definition) is 3. The smallest absolute Gasteiger partial charge is 0.266 e. The van der Waals surface area contributed by atoms with E-state index in [-0.39, 0.29) is 23.7 Å². The summed E-state index contributed by atoms with van der Waals surface area (Å²) in [6.07, 6.45) is 6.87.